The van der Waals surface area contributed by atoms with Crippen molar-refractivity contribution in [2.24, 2.45) is 11.3 Å². The first kappa shape index (κ1) is 11.0. The van der Waals surface area contributed by atoms with Crippen LogP contribution in [0, 0.1) is 11.3 Å². The number of hydrogen-bond acceptors (Lipinski definition) is 1. The van der Waals surface area contributed by atoms with E-state index < -0.39 is 0 Å². The first-order chi connectivity index (χ1) is 5.90. The molecular weight excluding hydrogens is 160 g/mol. The lowest BCUT2D eigenvalue weighted by Crippen LogP contribution is -2.46. The molecule has 1 aliphatic rings. The lowest BCUT2D eigenvalue weighted by atomic mass is 9.63. The summed E-state index contributed by atoms with van der Waals surface area (Å²) in [6.45, 7) is 8.88. The molecule has 0 radical (unpaired) electrons. The third-order valence-electron chi connectivity index (χ3n) is 3.66. The van der Waals surface area contributed by atoms with Crippen molar-refractivity contribution in [1.29, 1.82) is 0 Å². The molecule has 2 atom stereocenters. The van der Waals surface area contributed by atoms with Gasteiger partial charge in [-0.1, -0.05) is 40.5 Å². The molecule has 0 aliphatic heterocycles. The van der Waals surface area contributed by atoms with E-state index in [4.69, 9.17) is 0 Å². The van der Waals surface area contributed by atoms with E-state index in [1.807, 2.05) is 0 Å². The first-order valence-electron chi connectivity index (χ1n) is 5.62. The van der Waals surface area contributed by atoms with Gasteiger partial charge in [-0.05, 0) is 30.6 Å². The first-order valence-corrected chi connectivity index (χ1v) is 5.62. The Balaban J connectivity index is 2.79. The Morgan fingerprint density at radius 1 is 1.31 bits per heavy atom. The molecular formula is C12H24O. The van der Waals surface area contributed by atoms with Crippen molar-refractivity contribution in [3.63, 3.8) is 0 Å². The van der Waals surface area contributed by atoms with Crippen molar-refractivity contribution < 1.29 is 5.11 Å². The van der Waals surface area contributed by atoms with Gasteiger partial charge in [0, 0.05) is 0 Å². The van der Waals surface area contributed by atoms with Gasteiger partial charge in [0.1, 0.15) is 0 Å². The Morgan fingerprint density at radius 2 is 1.92 bits per heavy atom. The van der Waals surface area contributed by atoms with E-state index in [9.17, 15) is 5.11 Å². The van der Waals surface area contributed by atoms with E-state index in [0.717, 1.165) is 12.8 Å². The Hall–Kier alpha value is -0.0400. The molecule has 1 aliphatic carbocycles. The van der Waals surface area contributed by atoms with Crippen LogP contribution in [0.1, 0.15) is 59.8 Å². The molecule has 0 aromatic rings. The van der Waals surface area contributed by atoms with E-state index in [1.165, 1.54) is 19.3 Å². The molecule has 0 bridgehead atoms. The molecule has 0 aromatic heterocycles. The van der Waals surface area contributed by atoms with E-state index in [1.54, 1.807) is 0 Å². The van der Waals surface area contributed by atoms with Crippen LogP contribution in [0.3, 0.4) is 0 Å². The monoisotopic (exact) mass is 184 g/mol. The number of rotatable bonds is 1. The van der Waals surface area contributed by atoms with Crippen LogP contribution < -0.4 is 0 Å². The highest BCUT2D eigenvalue weighted by Gasteiger charge is 2.43. The quantitative estimate of drug-likeness (QED) is 0.662. The predicted octanol–water partition coefficient (Wildman–Crippen LogP) is 3.36. The van der Waals surface area contributed by atoms with Crippen molar-refractivity contribution >= 4 is 0 Å². The van der Waals surface area contributed by atoms with Crippen LogP contribution in [0.4, 0.5) is 0 Å². The zero-order valence-electron chi connectivity index (χ0n) is 9.56. The van der Waals surface area contributed by atoms with Gasteiger partial charge in [0.2, 0.25) is 0 Å². The van der Waals surface area contributed by atoms with Gasteiger partial charge >= 0.3 is 0 Å². The molecule has 0 saturated heterocycles. The molecule has 1 rings (SSSR count). The van der Waals surface area contributed by atoms with Crippen molar-refractivity contribution in [3.05, 3.63) is 0 Å². The molecule has 1 N–H and O–H groups in total. The Morgan fingerprint density at radius 3 is 2.31 bits per heavy atom. The Kier molecular flexibility index (Phi) is 3.06. The fourth-order valence-electron chi connectivity index (χ4n) is 2.88. The van der Waals surface area contributed by atoms with Gasteiger partial charge in [-0.25, -0.2) is 0 Å². The number of hydrogen-bond donors (Lipinski definition) is 1. The van der Waals surface area contributed by atoms with Gasteiger partial charge in [-0.2, -0.15) is 0 Å². The third-order valence-corrected chi connectivity index (χ3v) is 3.66. The Bertz CT molecular complexity index is 168. The van der Waals surface area contributed by atoms with Crippen molar-refractivity contribution in [2.45, 2.75) is 65.4 Å². The van der Waals surface area contributed by atoms with Crippen LogP contribution in [-0.2, 0) is 0 Å². The number of aliphatic hydroxyl groups is 1. The molecule has 0 spiro atoms. The zero-order chi connectivity index (χ0) is 10.1. The molecule has 1 fully saturated rings. The summed E-state index contributed by atoms with van der Waals surface area (Å²) in [5, 5.41) is 10.5. The normalized spacial score (nSPS) is 36.2. The highest BCUT2D eigenvalue weighted by Crippen LogP contribution is 2.45. The lowest BCUT2D eigenvalue weighted by molar-refractivity contribution is -0.0917. The Labute approximate surface area is 82.5 Å². The molecule has 2 unspecified atom stereocenters. The lowest BCUT2D eigenvalue weighted by Gasteiger charge is -2.46. The molecule has 0 heterocycles. The van der Waals surface area contributed by atoms with Crippen LogP contribution in [0.5, 0.6) is 0 Å². The van der Waals surface area contributed by atoms with E-state index in [-0.39, 0.29) is 11.0 Å². The predicted molar refractivity (Wildman–Crippen MR) is 56.7 cm³/mol. The van der Waals surface area contributed by atoms with Crippen molar-refractivity contribution in [3.8, 4) is 0 Å². The van der Waals surface area contributed by atoms with Crippen LogP contribution in [0.2, 0.25) is 0 Å². The van der Waals surface area contributed by atoms with E-state index in [2.05, 4.69) is 27.7 Å². The molecule has 0 aromatic carbocycles. The molecule has 78 valence electrons. The smallest absolute Gasteiger partial charge is 0.0678 e. The molecule has 13 heavy (non-hydrogen) atoms. The average molecular weight is 184 g/mol. The minimum absolute atomic E-state index is 0.255. The maximum Gasteiger partial charge on any atom is 0.0678 e. The summed E-state index contributed by atoms with van der Waals surface area (Å²) in [6, 6.07) is 0. The third kappa shape index (κ3) is 2.25. The van der Waals surface area contributed by atoms with Gasteiger partial charge < -0.3 is 5.11 Å². The molecule has 1 heteroatoms. The summed E-state index contributed by atoms with van der Waals surface area (Å²) in [7, 11) is 0. The van der Waals surface area contributed by atoms with Gasteiger partial charge in [0.25, 0.3) is 0 Å². The largest absolute Gasteiger partial charge is 0.390 e. The summed E-state index contributed by atoms with van der Waals surface area (Å²) in [4.78, 5) is 0. The van der Waals surface area contributed by atoms with Crippen molar-refractivity contribution in [1.82, 2.24) is 0 Å². The van der Waals surface area contributed by atoms with Gasteiger partial charge in [-0.3, -0.25) is 0 Å². The molecule has 1 nitrogen and oxygen atoms in total. The topological polar surface area (TPSA) is 20.2 Å². The van der Waals surface area contributed by atoms with Crippen LogP contribution in [-0.4, -0.2) is 10.7 Å². The summed E-state index contributed by atoms with van der Waals surface area (Å²) in [5.74, 6) is 0.485. The fraction of sp³-hybridized carbons (Fsp3) is 1.00. The summed E-state index contributed by atoms with van der Waals surface area (Å²) >= 11 is 0. The second-order valence-electron chi connectivity index (χ2n) is 5.62. The summed E-state index contributed by atoms with van der Waals surface area (Å²) in [6.07, 6.45) is 5.62. The maximum atomic E-state index is 10.5. The van der Waals surface area contributed by atoms with Crippen LogP contribution >= 0.6 is 0 Å². The average Bonchev–Trinajstić information content (AvgIpc) is 2.03. The van der Waals surface area contributed by atoms with Gasteiger partial charge in [0.05, 0.1) is 5.60 Å². The minimum Gasteiger partial charge on any atom is -0.390 e. The van der Waals surface area contributed by atoms with Gasteiger partial charge in [0.15, 0.2) is 0 Å². The second-order valence-corrected chi connectivity index (χ2v) is 5.62. The second kappa shape index (κ2) is 3.61. The van der Waals surface area contributed by atoms with Crippen LogP contribution in [0.25, 0.3) is 0 Å². The summed E-state index contributed by atoms with van der Waals surface area (Å²) < 4.78 is 0. The van der Waals surface area contributed by atoms with E-state index >= 15 is 0 Å². The van der Waals surface area contributed by atoms with Gasteiger partial charge in [-0.15, -0.1) is 0 Å². The highest BCUT2D eigenvalue weighted by atomic mass is 16.3. The van der Waals surface area contributed by atoms with Crippen LogP contribution in [0.15, 0.2) is 0 Å². The molecule has 0 amide bonds. The molecule has 1 saturated carbocycles. The van der Waals surface area contributed by atoms with Crippen molar-refractivity contribution in [2.75, 3.05) is 0 Å². The standard InChI is InChI=1S/C12H24O/c1-5-12(13)9-7-6-8-10(12)11(2,3)4/h10,13H,5-9H2,1-4H3. The SMILES string of the molecule is CCC1(O)CCCCC1C(C)(C)C. The van der Waals surface area contributed by atoms with E-state index in [0.29, 0.717) is 5.92 Å². The summed E-state index contributed by atoms with van der Waals surface area (Å²) in [5.41, 5.74) is -0.123. The maximum absolute atomic E-state index is 10.5. The zero-order valence-corrected chi connectivity index (χ0v) is 9.56. The fourth-order valence-corrected chi connectivity index (χ4v) is 2.88. The minimum atomic E-state index is -0.378. The highest BCUT2D eigenvalue weighted by molar-refractivity contribution is 4.94.